The first kappa shape index (κ1) is 17.2. The highest BCUT2D eigenvalue weighted by atomic mass is 19.4. The predicted molar refractivity (Wildman–Crippen MR) is 82.6 cm³/mol. The predicted octanol–water partition coefficient (Wildman–Crippen LogP) is 2.87. The van der Waals surface area contributed by atoms with Gasteiger partial charge in [-0.3, -0.25) is 0 Å². The van der Waals surface area contributed by atoms with Gasteiger partial charge in [-0.1, -0.05) is 30.3 Å². The van der Waals surface area contributed by atoms with Crippen LogP contribution in [0.3, 0.4) is 0 Å². The molecule has 2 aromatic rings. The number of nitrogens with zero attached hydrogens (tertiary/aromatic N) is 1. The summed E-state index contributed by atoms with van der Waals surface area (Å²) >= 11 is 0. The van der Waals surface area contributed by atoms with Gasteiger partial charge in [0.25, 0.3) is 0 Å². The highest BCUT2D eigenvalue weighted by molar-refractivity contribution is 5.74. The molecule has 0 aliphatic heterocycles. The quantitative estimate of drug-likeness (QED) is 0.454. The van der Waals surface area contributed by atoms with Crippen LogP contribution in [-0.2, 0) is 0 Å². The summed E-state index contributed by atoms with van der Waals surface area (Å²) in [5, 5.41) is 8.94. The summed E-state index contributed by atoms with van der Waals surface area (Å²) in [5.74, 6) is 4.89. The van der Waals surface area contributed by atoms with Crippen molar-refractivity contribution in [1.29, 1.82) is 5.26 Å². The van der Waals surface area contributed by atoms with Crippen LogP contribution in [-0.4, -0.2) is 6.36 Å². The fourth-order valence-electron chi connectivity index (χ4n) is 2.05. The van der Waals surface area contributed by atoms with Gasteiger partial charge in [0, 0.05) is 5.56 Å². The molecule has 0 saturated heterocycles. The lowest BCUT2D eigenvalue weighted by atomic mass is 10.0. The number of ether oxygens (including phenoxy) is 1. The van der Waals surface area contributed by atoms with E-state index in [9.17, 15) is 13.2 Å². The Labute approximate surface area is 135 Å². The number of benzene rings is 2. The van der Waals surface area contributed by atoms with E-state index in [4.69, 9.17) is 16.8 Å². The average Bonchev–Trinajstić information content (AvgIpc) is 2.54. The normalized spacial score (nSPS) is 12.1. The second-order valence-electron chi connectivity index (χ2n) is 4.70. The van der Waals surface area contributed by atoms with E-state index < -0.39 is 6.36 Å². The Morgan fingerprint density at radius 1 is 1.08 bits per heavy atom. The molecule has 24 heavy (non-hydrogen) atoms. The number of hydrogen-bond acceptors (Lipinski definition) is 5. The van der Waals surface area contributed by atoms with Crippen LogP contribution in [0, 0.1) is 11.3 Å². The van der Waals surface area contributed by atoms with Gasteiger partial charge in [-0.25, -0.2) is 5.84 Å². The number of halogens is 3. The topological polar surface area (TPSA) is 97.1 Å². The molecule has 0 unspecified atom stereocenters. The van der Waals surface area contributed by atoms with E-state index in [0.29, 0.717) is 16.7 Å². The summed E-state index contributed by atoms with van der Waals surface area (Å²) < 4.78 is 40.9. The zero-order valence-corrected chi connectivity index (χ0v) is 12.3. The van der Waals surface area contributed by atoms with E-state index in [-0.39, 0.29) is 17.1 Å². The Balaban J connectivity index is 2.41. The van der Waals surface area contributed by atoms with E-state index in [1.807, 2.05) is 6.07 Å². The van der Waals surface area contributed by atoms with Gasteiger partial charge in [0.05, 0.1) is 5.70 Å². The van der Waals surface area contributed by atoms with E-state index in [2.05, 4.69) is 10.2 Å². The highest BCUT2D eigenvalue weighted by Crippen LogP contribution is 2.29. The minimum absolute atomic E-state index is 0.0127. The summed E-state index contributed by atoms with van der Waals surface area (Å²) in [5.41, 5.74) is 9.79. The molecule has 0 bridgehead atoms. The first-order chi connectivity index (χ1) is 11.3. The van der Waals surface area contributed by atoms with Crippen LogP contribution >= 0.6 is 0 Å². The Morgan fingerprint density at radius 3 is 2.29 bits per heavy atom. The van der Waals surface area contributed by atoms with E-state index in [0.717, 1.165) is 0 Å². The molecule has 0 fully saturated rings. The number of hydrogen-bond donors (Lipinski definition) is 3. The van der Waals surface area contributed by atoms with Crippen molar-refractivity contribution < 1.29 is 17.9 Å². The van der Waals surface area contributed by atoms with Crippen LogP contribution < -0.4 is 21.7 Å². The van der Waals surface area contributed by atoms with Crippen LogP contribution in [0.5, 0.6) is 5.75 Å². The van der Waals surface area contributed by atoms with Crippen molar-refractivity contribution in [2.75, 3.05) is 0 Å². The molecule has 2 aromatic carbocycles. The van der Waals surface area contributed by atoms with Crippen LogP contribution in [0.15, 0.2) is 54.2 Å². The maximum atomic E-state index is 12.3. The third-order valence-electron chi connectivity index (χ3n) is 3.10. The van der Waals surface area contributed by atoms with Crippen LogP contribution in [0.2, 0.25) is 0 Å². The third kappa shape index (κ3) is 4.18. The van der Waals surface area contributed by atoms with Crippen molar-refractivity contribution >= 4 is 5.70 Å². The zero-order valence-electron chi connectivity index (χ0n) is 12.3. The number of alkyl halides is 3. The van der Waals surface area contributed by atoms with Crippen molar-refractivity contribution in [2.24, 2.45) is 11.6 Å². The second-order valence-corrected chi connectivity index (χ2v) is 4.70. The Morgan fingerprint density at radius 2 is 1.71 bits per heavy atom. The number of nitrogens with two attached hydrogens (primary N) is 2. The van der Waals surface area contributed by atoms with Gasteiger partial charge in [0.2, 0.25) is 0 Å². The molecule has 0 radical (unpaired) electrons. The zero-order chi connectivity index (χ0) is 17.7. The minimum atomic E-state index is -4.76. The molecule has 0 amide bonds. The second kappa shape index (κ2) is 6.93. The highest BCUT2D eigenvalue weighted by Gasteiger charge is 2.31. The summed E-state index contributed by atoms with van der Waals surface area (Å²) in [6.45, 7) is 0. The number of rotatable bonds is 4. The number of nitrogens with one attached hydrogen (secondary N) is 1. The minimum Gasteiger partial charge on any atom is -0.406 e. The summed E-state index contributed by atoms with van der Waals surface area (Å²) in [4.78, 5) is 0. The van der Waals surface area contributed by atoms with Crippen molar-refractivity contribution in [3.8, 4) is 22.9 Å². The van der Waals surface area contributed by atoms with Crippen LogP contribution in [0.4, 0.5) is 13.2 Å². The first-order valence-electron chi connectivity index (χ1n) is 6.67. The van der Waals surface area contributed by atoms with Gasteiger partial charge in [0.15, 0.2) is 5.70 Å². The van der Waals surface area contributed by atoms with Crippen LogP contribution in [0.1, 0.15) is 5.56 Å². The SMILES string of the molecule is N#C/C(NN)=C(/N)c1cccc(-c2cccc(OC(F)(F)F)c2)c1. The maximum absolute atomic E-state index is 12.3. The summed E-state index contributed by atoms with van der Waals surface area (Å²) in [6, 6.07) is 14.0. The lowest BCUT2D eigenvalue weighted by Crippen LogP contribution is -2.23. The fourth-order valence-corrected chi connectivity index (χ4v) is 2.05. The molecular weight excluding hydrogens is 321 g/mol. The number of hydrazine groups is 1. The molecule has 2 rings (SSSR count). The standard InChI is InChI=1S/C16H13F3N4O/c17-16(18,19)24-13-6-2-4-11(8-13)10-3-1-5-12(7-10)15(21)14(9-20)23-22/h1-8,23H,21-22H2/b15-14-. The van der Waals surface area contributed by atoms with Gasteiger partial charge >= 0.3 is 6.36 Å². The van der Waals surface area contributed by atoms with Crippen molar-refractivity contribution in [3.05, 3.63) is 59.8 Å². The van der Waals surface area contributed by atoms with Gasteiger partial charge in [-0.05, 0) is 29.3 Å². The van der Waals surface area contributed by atoms with Gasteiger partial charge in [-0.15, -0.1) is 13.2 Å². The number of nitriles is 1. The molecule has 5 N–H and O–H groups in total. The monoisotopic (exact) mass is 334 g/mol. The van der Waals surface area contributed by atoms with E-state index in [1.165, 1.54) is 18.2 Å². The van der Waals surface area contributed by atoms with Crippen LogP contribution in [0.25, 0.3) is 16.8 Å². The maximum Gasteiger partial charge on any atom is 0.573 e. The lowest BCUT2D eigenvalue weighted by molar-refractivity contribution is -0.274. The molecule has 0 aromatic heterocycles. The fraction of sp³-hybridized carbons (Fsp3) is 0.0625. The van der Waals surface area contributed by atoms with Crippen molar-refractivity contribution in [3.63, 3.8) is 0 Å². The molecule has 5 nitrogen and oxygen atoms in total. The molecule has 0 aliphatic rings. The van der Waals surface area contributed by atoms with E-state index >= 15 is 0 Å². The molecule has 0 aliphatic carbocycles. The van der Waals surface area contributed by atoms with Crippen molar-refractivity contribution in [1.82, 2.24) is 5.43 Å². The first-order valence-corrected chi connectivity index (χ1v) is 6.67. The molecule has 0 heterocycles. The smallest absolute Gasteiger partial charge is 0.406 e. The van der Waals surface area contributed by atoms with Gasteiger partial charge < -0.3 is 15.9 Å². The summed E-state index contributed by atoms with van der Waals surface area (Å²) in [7, 11) is 0. The van der Waals surface area contributed by atoms with Gasteiger partial charge in [-0.2, -0.15) is 5.26 Å². The number of allylic oxidation sites excluding steroid dienone is 1. The van der Waals surface area contributed by atoms with Gasteiger partial charge in [0.1, 0.15) is 11.8 Å². The van der Waals surface area contributed by atoms with E-state index in [1.54, 1.807) is 30.3 Å². The molecule has 8 heteroatoms. The Bertz CT molecular complexity index is 809. The molecular formula is C16H13F3N4O. The summed E-state index contributed by atoms with van der Waals surface area (Å²) in [6.07, 6.45) is -4.76. The molecule has 0 saturated carbocycles. The molecule has 0 atom stereocenters. The lowest BCUT2D eigenvalue weighted by Gasteiger charge is -2.11. The third-order valence-corrected chi connectivity index (χ3v) is 3.10. The average molecular weight is 334 g/mol. The van der Waals surface area contributed by atoms with Crippen molar-refractivity contribution in [2.45, 2.75) is 6.36 Å². The Hall–Kier alpha value is -3.18. The molecule has 0 spiro atoms. The Kier molecular flexibility index (Phi) is 4.96. The largest absolute Gasteiger partial charge is 0.573 e. The molecule has 124 valence electrons.